The molecule has 1 unspecified atom stereocenters. The molecular formula is C18H30N2O3. The average molecular weight is 322 g/mol. The minimum absolute atomic E-state index is 0.252. The van der Waals surface area contributed by atoms with E-state index < -0.39 is 5.60 Å². The van der Waals surface area contributed by atoms with Gasteiger partial charge in [0.2, 0.25) is 0 Å². The van der Waals surface area contributed by atoms with Gasteiger partial charge in [0.05, 0.1) is 0 Å². The first-order chi connectivity index (χ1) is 10.7. The molecule has 0 aromatic heterocycles. The molecular weight excluding hydrogens is 292 g/mol. The molecule has 0 fully saturated rings. The van der Waals surface area contributed by atoms with E-state index in [4.69, 9.17) is 4.74 Å². The van der Waals surface area contributed by atoms with E-state index in [2.05, 4.69) is 12.2 Å². The predicted octanol–water partition coefficient (Wildman–Crippen LogP) is 3.69. The van der Waals surface area contributed by atoms with Gasteiger partial charge in [0.15, 0.2) is 0 Å². The van der Waals surface area contributed by atoms with E-state index in [9.17, 15) is 9.90 Å². The number of ether oxygens (including phenoxy) is 1. The number of benzene rings is 1. The third kappa shape index (κ3) is 7.37. The number of aromatic hydroxyl groups is 1. The quantitative estimate of drug-likeness (QED) is 0.752. The Kier molecular flexibility index (Phi) is 7.36. The number of nitrogens with zero attached hydrogens (tertiary/aromatic N) is 1. The zero-order chi connectivity index (χ0) is 17.5. The molecule has 0 saturated carbocycles. The maximum Gasteiger partial charge on any atom is 0.410 e. The van der Waals surface area contributed by atoms with E-state index in [1.54, 1.807) is 24.1 Å². The maximum atomic E-state index is 11.9. The van der Waals surface area contributed by atoms with Crippen molar-refractivity contribution in [1.82, 2.24) is 10.2 Å². The molecule has 23 heavy (non-hydrogen) atoms. The Balaban J connectivity index is 2.35. The van der Waals surface area contributed by atoms with E-state index in [0.29, 0.717) is 6.54 Å². The number of hydrogen-bond acceptors (Lipinski definition) is 4. The summed E-state index contributed by atoms with van der Waals surface area (Å²) >= 11 is 0. The molecule has 0 bridgehead atoms. The van der Waals surface area contributed by atoms with Crippen molar-refractivity contribution in [3.8, 4) is 5.75 Å². The van der Waals surface area contributed by atoms with Gasteiger partial charge < -0.3 is 20.1 Å². The predicted molar refractivity (Wildman–Crippen MR) is 92.6 cm³/mol. The molecule has 0 aliphatic carbocycles. The van der Waals surface area contributed by atoms with Crippen LogP contribution in [0.2, 0.25) is 0 Å². The number of nitrogens with one attached hydrogen (secondary N) is 1. The summed E-state index contributed by atoms with van der Waals surface area (Å²) in [5.74, 6) is 0.280. The van der Waals surface area contributed by atoms with Crippen LogP contribution in [0.1, 0.15) is 52.1 Å². The molecule has 1 aromatic carbocycles. The highest BCUT2D eigenvalue weighted by Crippen LogP contribution is 2.19. The summed E-state index contributed by atoms with van der Waals surface area (Å²) in [6, 6.07) is 7.53. The zero-order valence-corrected chi connectivity index (χ0v) is 14.9. The fraction of sp³-hybridized carbons (Fsp3) is 0.611. The number of carbonyl (C=O) groups excluding carboxylic acids is 1. The van der Waals surface area contributed by atoms with Gasteiger partial charge in [-0.3, -0.25) is 0 Å². The number of phenols is 1. The molecule has 0 aliphatic heterocycles. The molecule has 0 spiro atoms. The van der Waals surface area contributed by atoms with E-state index >= 15 is 0 Å². The summed E-state index contributed by atoms with van der Waals surface area (Å²) in [7, 11) is 1.76. The van der Waals surface area contributed by atoms with Crippen molar-refractivity contribution >= 4 is 6.09 Å². The van der Waals surface area contributed by atoms with Gasteiger partial charge in [-0.05, 0) is 57.9 Å². The Bertz CT molecular complexity index is 480. The molecule has 2 N–H and O–H groups in total. The minimum atomic E-state index is -0.463. The van der Waals surface area contributed by atoms with Gasteiger partial charge in [-0.25, -0.2) is 4.79 Å². The van der Waals surface area contributed by atoms with E-state index in [1.165, 1.54) is 0 Å². The summed E-state index contributed by atoms with van der Waals surface area (Å²) < 4.78 is 5.32. The highest BCUT2D eigenvalue weighted by atomic mass is 16.6. The monoisotopic (exact) mass is 322 g/mol. The van der Waals surface area contributed by atoms with Crippen LogP contribution >= 0.6 is 0 Å². The van der Waals surface area contributed by atoms with Gasteiger partial charge in [0.25, 0.3) is 0 Å². The Morgan fingerprint density at radius 2 is 1.91 bits per heavy atom. The van der Waals surface area contributed by atoms with Crippen molar-refractivity contribution < 1.29 is 14.6 Å². The molecule has 130 valence electrons. The lowest BCUT2D eigenvalue weighted by Gasteiger charge is -2.25. The molecule has 0 aliphatic rings. The van der Waals surface area contributed by atoms with Crippen molar-refractivity contribution in [2.75, 3.05) is 20.1 Å². The Morgan fingerprint density at radius 3 is 2.43 bits per heavy atom. The topological polar surface area (TPSA) is 61.8 Å². The van der Waals surface area contributed by atoms with Crippen molar-refractivity contribution in [3.05, 3.63) is 29.8 Å². The summed E-state index contributed by atoms with van der Waals surface area (Å²) in [5, 5.41) is 12.8. The largest absolute Gasteiger partial charge is 0.508 e. The van der Waals surface area contributed by atoms with Crippen LogP contribution in [0.5, 0.6) is 5.75 Å². The molecule has 0 radical (unpaired) electrons. The van der Waals surface area contributed by atoms with Gasteiger partial charge in [-0.2, -0.15) is 0 Å². The minimum Gasteiger partial charge on any atom is -0.508 e. The van der Waals surface area contributed by atoms with Crippen LogP contribution in [0.25, 0.3) is 0 Å². The van der Waals surface area contributed by atoms with Gasteiger partial charge in [-0.15, -0.1) is 0 Å². The van der Waals surface area contributed by atoms with Crippen molar-refractivity contribution in [1.29, 1.82) is 0 Å². The van der Waals surface area contributed by atoms with Crippen LogP contribution in [0.4, 0.5) is 4.79 Å². The van der Waals surface area contributed by atoms with Gasteiger partial charge in [-0.1, -0.05) is 19.1 Å². The van der Waals surface area contributed by atoms with Crippen LogP contribution in [-0.2, 0) is 4.74 Å². The fourth-order valence-electron chi connectivity index (χ4n) is 2.23. The van der Waals surface area contributed by atoms with Crippen LogP contribution in [0.15, 0.2) is 24.3 Å². The Morgan fingerprint density at radius 1 is 1.30 bits per heavy atom. The van der Waals surface area contributed by atoms with Crippen LogP contribution in [0, 0.1) is 0 Å². The molecule has 0 saturated heterocycles. The number of carbonyl (C=O) groups is 1. The summed E-state index contributed by atoms with van der Waals surface area (Å²) in [6.45, 7) is 9.18. The third-order valence-corrected chi connectivity index (χ3v) is 3.47. The Labute approximate surface area is 139 Å². The average Bonchev–Trinajstić information content (AvgIpc) is 2.46. The van der Waals surface area contributed by atoms with Crippen molar-refractivity contribution in [2.24, 2.45) is 0 Å². The van der Waals surface area contributed by atoms with E-state index in [0.717, 1.165) is 24.9 Å². The highest BCUT2D eigenvalue weighted by Gasteiger charge is 2.19. The number of hydrogen-bond donors (Lipinski definition) is 2. The first-order valence-corrected chi connectivity index (χ1v) is 8.19. The summed E-state index contributed by atoms with van der Waals surface area (Å²) in [5.41, 5.74) is 0.696. The molecule has 0 heterocycles. The second-order valence-corrected chi connectivity index (χ2v) is 6.76. The number of amides is 1. The van der Waals surface area contributed by atoms with E-state index in [1.807, 2.05) is 32.9 Å². The molecule has 5 heteroatoms. The first-order valence-electron chi connectivity index (χ1n) is 8.19. The fourth-order valence-corrected chi connectivity index (χ4v) is 2.23. The van der Waals surface area contributed by atoms with Crippen molar-refractivity contribution in [3.63, 3.8) is 0 Å². The molecule has 1 amide bonds. The second-order valence-electron chi connectivity index (χ2n) is 6.76. The van der Waals surface area contributed by atoms with Crippen molar-refractivity contribution in [2.45, 2.75) is 52.2 Å². The van der Waals surface area contributed by atoms with Gasteiger partial charge in [0.1, 0.15) is 11.4 Å². The zero-order valence-electron chi connectivity index (χ0n) is 14.9. The lowest BCUT2D eigenvalue weighted by molar-refractivity contribution is 0.0297. The lowest BCUT2D eigenvalue weighted by atomic mass is 10.0. The SMILES string of the molecule is CCC(NCCCN(C)C(=O)OC(C)(C)C)c1ccc(O)cc1. The van der Waals surface area contributed by atoms with E-state index in [-0.39, 0.29) is 17.9 Å². The lowest BCUT2D eigenvalue weighted by Crippen LogP contribution is -2.35. The third-order valence-electron chi connectivity index (χ3n) is 3.47. The normalized spacial score (nSPS) is 12.7. The smallest absolute Gasteiger partial charge is 0.410 e. The number of phenolic OH excluding ortho intramolecular Hbond substituents is 1. The molecule has 1 atom stereocenters. The first kappa shape index (κ1) is 19.3. The van der Waals surface area contributed by atoms with Crippen LogP contribution in [0.3, 0.4) is 0 Å². The molecule has 5 nitrogen and oxygen atoms in total. The van der Waals surface area contributed by atoms with Crippen LogP contribution in [-0.4, -0.2) is 41.8 Å². The molecule has 1 rings (SSSR count). The van der Waals surface area contributed by atoms with Gasteiger partial charge >= 0.3 is 6.09 Å². The Hall–Kier alpha value is -1.75. The highest BCUT2D eigenvalue weighted by molar-refractivity contribution is 5.67. The summed E-state index contributed by atoms with van der Waals surface area (Å²) in [4.78, 5) is 13.5. The maximum absolute atomic E-state index is 11.9. The second kappa shape index (κ2) is 8.77. The number of rotatable bonds is 7. The summed E-state index contributed by atoms with van der Waals surface area (Å²) in [6.07, 6.45) is 1.53. The van der Waals surface area contributed by atoms with Crippen LogP contribution < -0.4 is 5.32 Å². The standard InChI is InChI=1S/C18H30N2O3/c1-6-16(14-8-10-15(21)11-9-14)19-12-7-13-20(5)17(22)23-18(2,3)4/h8-11,16,19,21H,6-7,12-13H2,1-5H3. The van der Waals surface area contributed by atoms with Gasteiger partial charge in [0, 0.05) is 19.6 Å². The molecule has 1 aromatic rings.